The number of benzene rings is 2. The molecule has 0 spiro atoms. The molecular formula is C19H18N2O5. The van der Waals surface area contributed by atoms with Crippen molar-refractivity contribution in [3.63, 3.8) is 0 Å². The average molecular weight is 354 g/mol. The number of nitro benzene ring substituents is 1. The van der Waals surface area contributed by atoms with E-state index in [1.54, 1.807) is 7.11 Å². The number of aryl methyl sites for hydroxylation is 1. The van der Waals surface area contributed by atoms with Crippen molar-refractivity contribution in [2.45, 2.75) is 25.7 Å². The molecule has 0 bridgehead atoms. The molecule has 0 aromatic heterocycles. The zero-order chi connectivity index (χ0) is 18.5. The second-order valence-electron chi connectivity index (χ2n) is 5.98. The van der Waals surface area contributed by atoms with E-state index in [0.717, 1.165) is 41.9 Å². The minimum atomic E-state index is -0.513. The van der Waals surface area contributed by atoms with Crippen molar-refractivity contribution < 1.29 is 19.3 Å². The minimum absolute atomic E-state index is 0.000256. The van der Waals surface area contributed by atoms with Crippen LogP contribution >= 0.6 is 0 Å². The molecule has 2 aromatic carbocycles. The Bertz CT molecular complexity index is 859. The molecule has 7 heteroatoms. The predicted octanol–water partition coefficient (Wildman–Crippen LogP) is 3.43. The van der Waals surface area contributed by atoms with Crippen LogP contribution in [0.15, 0.2) is 47.6 Å². The zero-order valence-corrected chi connectivity index (χ0v) is 14.3. The van der Waals surface area contributed by atoms with Crippen molar-refractivity contribution in [2.24, 2.45) is 5.16 Å². The van der Waals surface area contributed by atoms with E-state index in [2.05, 4.69) is 5.16 Å². The first-order chi connectivity index (χ1) is 12.6. The molecule has 3 rings (SSSR count). The number of hydrogen-bond acceptors (Lipinski definition) is 6. The molecule has 0 heterocycles. The molecule has 1 aliphatic rings. The highest BCUT2D eigenvalue weighted by molar-refractivity contribution is 6.03. The van der Waals surface area contributed by atoms with E-state index in [0.29, 0.717) is 5.56 Å². The van der Waals surface area contributed by atoms with Crippen molar-refractivity contribution in [3.8, 4) is 5.75 Å². The molecule has 0 N–H and O–H groups in total. The van der Waals surface area contributed by atoms with Crippen LogP contribution in [0.4, 0.5) is 5.69 Å². The van der Waals surface area contributed by atoms with E-state index in [1.807, 2.05) is 18.2 Å². The summed E-state index contributed by atoms with van der Waals surface area (Å²) < 4.78 is 5.25. The van der Waals surface area contributed by atoms with Crippen LogP contribution in [0.2, 0.25) is 0 Å². The summed E-state index contributed by atoms with van der Waals surface area (Å²) in [7, 11) is 1.60. The second-order valence-corrected chi connectivity index (χ2v) is 5.98. The summed E-state index contributed by atoms with van der Waals surface area (Å²) >= 11 is 0. The van der Waals surface area contributed by atoms with Gasteiger partial charge in [-0.2, -0.15) is 0 Å². The van der Waals surface area contributed by atoms with Gasteiger partial charge in [-0.1, -0.05) is 23.4 Å². The van der Waals surface area contributed by atoms with E-state index in [-0.39, 0.29) is 12.1 Å². The lowest BCUT2D eigenvalue weighted by atomic mass is 9.90. The number of rotatable bonds is 5. The van der Waals surface area contributed by atoms with Crippen molar-refractivity contribution in [3.05, 3.63) is 69.3 Å². The summed E-state index contributed by atoms with van der Waals surface area (Å²) in [5.74, 6) is 0.219. The van der Waals surface area contributed by atoms with E-state index < -0.39 is 10.9 Å². The van der Waals surface area contributed by atoms with Gasteiger partial charge in [0.25, 0.3) is 5.69 Å². The van der Waals surface area contributed by atoms with Crippen molar-refractivity contribution in [1.29, 1.82) is 0 Å². The first-order valence-electron chi connectivity index (χ1n) is 8.24. The van der Waals surface area contributed by atoms with Crippen LogP contribution in [0, 0.1) is 10.1 Å². The molecule has 2 aromatic rings. The van der Waals surface area contributed by atoms with E-state index >= 15 is 0 Å². The fourth-order valence-corrected chi connectivity index (χ4v) is 2.89. The van der Waals surface area contributed by atoms with Crippen LogP contribution in [0.3, 0.4) is 0 Å². The number of nitrogens with zero attached hydrogens (tertiary/aromatic N) is 2. The van der Waals surface area contributed by atoms with Gasteiger partial charge in [-0.05, 0) is 42.5 Å². The summed E-state index contributed by atoms with van der Waals surface area (Å²) in [6.07, 6.45) is 2.62. The van der Waals surface area contributed by atoms with Crippen LogP contribution < -0.4 is 4.74 Å². The third-order valence-corrected chi connectivity index (χ3v) is 4.24. The molecule has 0 saturated carbocycles. The maximum absolute atomic E-state index is 12.0. The lowest BCUT2D eigenvalue weighted by Crippen LogP contribution is -2.14. The maximum Gasteiger partial charge on any atom is 0.339 e. The number of nitro groups is 1. The van der Waals surface area contributed by atoms with Gasteiger partial charge in [-0.3, -0.25) is 10.1 Å². The first-order valence-corrected chi connectivity index (χ1v) is 8.24. The molecule has 0 radical (unpaired) electrons. The number of oxime groups is 1. The third-order valence-electron chi connectivity index (χ3n) is 4.24. The predicted molar refractivity (Wildman–Crippen MR) is 95.4 cm³/mol. The summed E-state index contributed by atoms with van der Waals surface area (Å²) in [5.41, 5.74) is 3.43. The van der Waals surface area contributed by atoms with Gasteiger partial charge in [0.1, 0.15) is 5.75 Å². The van der Waals surface area contributed by atoms with Gasteiger partial charge in [0.15, 0.2) is 0 Å². The monoisotopic (exact) mass is 354 g/mol. The van der Waals surface area contributed by atoms with Crippen LogP contribution in [0.25, 0.3) is 0 Å². The van der Waals surface area contributed by atoms with Gasteiger partial charge < -0.3 is 9.57 Å². The van der Waals surface area contributed by atoms with Gasteiger partial charge in [-0.25, -0.2) is 4.79 Å². The number of fused-ring (bicyclic) bond motifs is 1. The van der Waals surface area contributed by atoms with Crippen LogP contribution in [-0.4, -0.2) is 23.7 Å². The second kappa shape index (κ2) is 7.77. The van der Waals surface area contributed by atoms with Crippen LogP contribution in [0.5, 0.6) is 5.75 Å². The Morgan fingerprint density at radius 3 is 2.65 bits per heavy atom. The van der Waals surface area contributed by atoms with Gasteiger partial charge in [0.05, 0.1) is 24.2 Å². The molecule has 26 heavy (non-hydrogen) atoms. The van der Waals surface area contributed by atoms with Crippen LogP contribution in [-0.2, 0) is 22.5 Å². The number of carbonyl (C=O) groups is 1. The van der Waals surface area contributed by atoms with Crippen molar-refractivity contribution in [1.82, 2.24) is 0 Å². The topological polar surface area (TPSA) is 91.0 Å². The zero-order valence-electron chi connectivity index (χ0n) is 14.3. The summed E-state index contributed by atoms with van der Waals surface area (Å²) in [6.45, 7) is 0. The maximum atomic E-state index is 12.0. The molecule has 0 amide bonds. The molecule has 0 fully saturated rings. The highest BCUT2D eigenvalue weighted by Gasteiger charge is 2.18. The number of non-ortho nitro benzene ring substituents is 1. The standard InChI is InChI=1S/C19H18N2O5/c1-25-16-10-7-14-3-2-4-18(17(14)12-16)20-26-19(22)11-13-5-8-15(9-6-13)21(23)24/h5-10,12H,2-4,11H2,1H3/b20-18-. The SMILES string of the molecule is COc1ccc2c(c1)/C(=N\OC(=O)Cc1ccc([N+](=O)[O-])cc1)CCC2. The largest absolute Gasteiger partial charge is 0.497 e. The fourth-order valence-electron chi connectivity index (χ4n) is 2.89. The Morgan fingerprint density at radius 2 is 1.96 bits per heavy atom. The lowest BCUT2D eigenvalue weighted by Gasteiger charge is -2.18. The number of carbonyl (C=O) groups excluding carboxylic acids is 1. The molecule has 7 nitrogen and oxygen atoms in total. The highest BCUT2D eigenvalue weighted by atomic mass is 16.7. The van der Waals surface area contributed by atoms with Gasteiger partial charge in [0.2, 0.25) is 0 Å². The average Bonchev–Trinajstić information content (AvgIpc) is 2.66. The number of hydrogen-bond donors (Lipinski definition) is 0. The fraction of sp³-hybridized carbons (Fsp3) is 0.263. The van der Waals surface area contributed by atoms with E-state index in [4.69, 9.17) is 9.57 Å². The summed E-state index contributed by atoms with van der Waals surface area (Å²) in [6, 6.07) is 11.6. The quantitative estimate of drug-likeness (QED) is 0.466. The van der Waals surface area contributed by atoms with Gasteiger partial charge in [-0.15, -0.1) is 0 Å². The molecule has 0 unspecified atom stereocenters. The Kier molecular flexibility index (Phi) is 5.26. The van der Waals surface area contributed by atoms with Gasteiger partial charge >= 0.3 is 5.97 Å². The molecule has 0 aliphatic heterocycles. The Morgan fingerprint density at radius 1 is 1.19 bits per heavy atom. The highest BCUT2D eigenvalue weighted by Crippen LogP contribution is 2.26. The molecule has 0 atom stereocenters. The Hall–Kier alpha value is -3.22. The minimum Gasteiger partial charge on any atom is -0.497 e. The third kappa shape index (κ3) is 4.05. The Labute approximate surface area is 150 Å². The summed E-state index contributed by atoms with van der Waals surface area (Å²) in [4.78, 5) is 27.3. The van der Waals surface area contributed by atoms with Gasteiger partial charge in [0, 0.05) is 17.7 Å². The number of methoxy groups -OCH3 is 1. The van der Waals surface area contributed by atoms with Crippen LogP contribution in [0.1, 0.15) is 29.5 Å². The molecular weight excluding hydrogens is 336 g/mol. The number of ether oxygens (including phenoxy) is 1. The van der Waals surface area contributed by atoms with Crippen molar-refractivity contribution in [2.75, 3.05) is 7.11 Å². The first kappa shape index (κ1) is 17.6. The Balaban J connectivity index is 1.68. The molecule has 0 saturated heterocycles. The molecule has 134 valence electrons. The van der Waals surface area contributed by atoms with E-state index in [9.17, 15) is 14.9 Å². The molecule has 1 aliphatic carbocycles. The normalized spacial score (nSPS) is 14.6. The van der Waals surface area contributed by atoms with Crippen molar-refractivity contribution >= 4 is 17.4 Å². The van der Waals surface area contributed by atoms with E-state index in [1.165, 1.54) is 24.3 Å². The smallest absolute Gasteiger partial charge is 0.339 e. The summed E-state index contributed by atoms with van der Waals surface area (Å²) in [5, 5.41) is 14.7. The lowest BCUT2D eigenvalue weighted by molar-refractivity contribution is -0.384.